The molecule has 2 aliphatic rings. The third kappa shape index (κ3) is 7.56. The van der Waals surface area contributed by atoms with Crippen molar-refractivity contribution in [2.75, 3.05) is 27.3 Å². The monoisotopic (exact) mass is 782 g/mol. The molecule has 2 saturated heterocycles. The van der Waals surface area contributed by atoms with Crippen molar-refractivity contribution in [2.24, 2.45) is 11.8 Å². The maximum Gasteiger partial charge on any atom is 0.407 e. The molecule has 0 radical (unpaired) electrons. The third-order valence-electron chi connectivity index (χ3n) is 11.0. The molecular weight excluding hydrogens is 733 g/mol. The number of thiophene rings is 1. The number of benzene rings is 2. The van der Waals surface area contributed by atoms with Crippen molar-refractivity contribution in [1.82, 2.24) is 40.4 Å². The standard InChI is InChI=1S/C41H50N8O6S/c1-21(2)33(46-40(52)54-6)38(50)48-16-8-10-30(48)36-42-26-14-12-24(19-28(26)44-36)32-18-23(5)35(56-32)25-13-15-27-29(20-25)45-37(43-27)31-11-9-17-49(31)39(51)34(22(3)4)47-41(53)55-7/h12-15,18-22,30-31,33-34H,8-11,16-17H2,1-7H3,(H,42,44)(H,43,45)(H,46,52)(H,47,53)/t30-,31-,33-,34-/m0/s1. The van der Waals surface area contributed by atoms with Gasteiger partial charge in [-0.2, -0.15) is 0 Å². The summed E-state index contributed by atoms with van der Waals surface area (Å²) in [5.74, 6) is 0.979. The van der Waals surface area contributed by atoms with Crippen LogP contribution in [-0.2, 0) is 19.1 Å². The van der Waals surface area contributed by atoms with Crippen molar-refractivity contribution >= 4 is 57.4 Å². The first kappa shape index (κ1) is 38.8. The van der Waals surface area contributed by atoms with E-state index in [1.165, 1.54) is 14.2 Å². The molecule has 56 heavy (non-hydrogen) atoms. The number of nitrogens with one attached hydrogen (secondary N) is 4. The van der Waals surface area contributed by atoms with Gasteiger partial charge >= 0.3 is 12.2 Å². The molecule has 0 saturated carbocycles. The van der Waals surface area contributed by atoms with Crippen molar-refractivity contribution in [3.63, 3.8) is 0 Å². The van der Waals surface area contributed by atoms with Crippen LogP contribution in [0.3, 0.4) is 0 Å². The summed E-state index contributed by atoms with van der Waals surface area (Å²) >= 11 is 1.72. The lowest BCUT2D eigenvalue weighted by Crippen LogP contribution is -2.51. The second kappa shape index (κ2) is 16.0. The number of carbonyl (C=O) groups is 4. The van der Waals surface area contributed by atoms with Gasteiger partial charge in [-0.3, -0.25) is 9.59 Å². The number of aromatic nitrogens is 4. The van der Waals surface area contributed by atoms with Crippen molar-refractivity contribution in [3.8, 4) is 20.9 Å². The average molecular weight is 783 g/mol. The zero-order valence-electron chi connectivity index (χ0n) is 32.9. The van der Waals surface area contributed by atoms with E-state index in [1.807, 2.05) is 49.6 Å². The van der Waals surface area contributed by atoms with Crippen LogP contribution in [-0.4, -0.2) is 93.1 Å². The largest absolute Gasteiger partial charge is 0.453 e. The molecule has 5 aromatic rings. The van der Waals surface area contributed by atoms with E-state index in [0.717, 1.165) is 85.8 Å². The Bertz CT molecular complexity index is 2280. The SMILES string of the molecule is COC(=O)N[C@H](C(=O)N1CCC[C@H]1c1nc2ccc(-c3cc(C)c(-c4ccc5nc([C@@H]6CCCN6C(=O)[C@@H](NC(=O)OC)C(C)C)[nH]c5c4)s3)cc2[nH]1)C(C)C. The zero-order chi connectivity index (χ0) is 39.8. The first-order valence-electron chi connectivity index (χ1n) is 19.3. The summed E-state index contributed by atoms with van der Waals surface area (Å²) in [6, 6.07) is 12.8. The average Bonchev–Trinajstić information content (AvgIpc) is 4.03. The van der Waals surface area contributed by atoms with Gasteiger partial charge in [0.15, 0.2) is 0 Å². The van der Waals surface area contributed by atoms with Gasteiger partial charge in [-0.25, -0.2) is 19.6 Å². The maximum atomic E-state index is 13.7. The van der Waals surface area contributed by atoms with E-state index in [9.17, 15) is 19.2 Å². The number of fused-ring (bicyclic) bond motifs is 2. The molecule has 3 aromatic heterocycles. The van der Waals surface area contributed by atoms with Crippen LogP contribution in [0.25, 0.3) is 42.9 Å². The van der Waals surface area contributed by atoms with E-state index in [1.54, 1.807) is 11.3 Å². The fourth-order valence-corrected chi connectivity index (χ4v) is 9.13. The number of amides is 4. The Labute approximate surface area is 329 Å². The number of H-pyrrole nitrogens is 2. The van der Waals surface area contributed by atoms with E-state index < -0.39 is 24.3 Å². The predicted octanol–water partition coefficient (Wildman–Crippen LogP) is 7.23. The lowest BCUT2D eigenvalue weighted by molar-refractivity contribution is -0.136. The quantitative estimate of drug-likeness (QED) is 0.115. The molecule has 4 amide bonds. The molecule has 2 aromatic carbocycles. The minimum Gasteiger partial charge on any atom is -0.453 e. The van der Waals surface area contributed by atoms with Crippen LogP contribution in [0.1, 0.15) is 82.7 Å². The summed E-state index contributed by atoms with van der Waals surface area (Å²) in [6.45, 7) is 10.9. The minimum absolute atomic E-state index is 0.110. The number of carbonyl (C=O) groups excluding carboxylic acids is 4. The highest BCUT2D eigenvalue weighted by atomic mass is 32.1. The van der Waals surface area contributed by atoms with Crippen LogP contribution in [0.5, 0.6) is 0 Å². The molecule has 2 fully saturated rings. The normalized spacial score (nSPS) is 18.2. The molecule has 0 bridgehead atoms. The van der Waals surface area contributed by atoms with Gasteiger partial charge in [-0.1, -0.05) is 39.8 Å². The molecule has 296 valence electrons. The molecule has 15 heteroatoms. The molecule has 2 aliphatic heterocycles. The molecule has 7 rings (SSSR count). The van der Waals surface area contributed by atoms with E-state index >= 15 is 0 Å². The van der Waals surface area contributed by atoms with Gasteiger partial charge in [0, 0.05) is 22.8 Å². The van der Waals surface area contributed by atoms with Crippen molar-refractivity contribution in [2.45, 2.75) is 84.5 Å². The van der Waals surface area contributed by atoms with Crippen molar-refractivity contribution in [3.05, 3.63) is 59.7 Å². The molecule has 14 nitrogen and oxygen atoms in total. The summed E-state index contributed by atoms with van der Waals surface area (Å²) in [4.78, 5) is 74.1. The van der Waals surface area contributed by atoms with Gasteiger partial charge in [-0.15, -0.1) is 11.3 Å². The van der Waals surface area contributed by atoms with Crippen LogP contribution in [0.2, 0.25) is 0 Å². The Morgan fingerprint density at radius 3 is 1.66 bits per heavy atom. The van der Waals surface area contributed by atoms with Crippen molar-refractivity contribution in [1.29, 1.82) is 0 Å². The second-order valence-corrected chi connectivity index (χ2v) is 16.5. The van der Waals surface area contributed by atoms with E-state index in [2.05, 4.69) is 57.9 Å². The van der Waals surface area contributed by atoms with E-state index in [-0.39, 0.29) is 35.7 Å². The number of methoxy groups -OCH3 is 2. The Kier molecular flexibility index (Phi) is 11.1. The number of hydrogen-bond acceptors (Lipinski definition) is 9. The highest BCUT2D eigenvalue weighted by Gasteiger charge is 2.39. The summed E-state index contributed by atoms with van der Waals surface area (Å²) in [7, 11) is 2.59. The number of alkyl carbamates (subject to hydrolysis) is 2. The Hall–Kier alpha value is -5.44. The van der Waals surface area contributed by atoms with E-state index in [0.29, 0.717) is 13.1 Å². The molecule has 0 aliphatic carbocycles. The van der Waals surface area contributed by atoms with Crippen LogP contribution < -0.4 is 10.6 Å². The first-order chi connectivity index (χ1) is 26.9. The van der Waals surface area contributed by atoms with Crippen molar-refractivity contribution < 1.29 is 28.7 Å². The number of nitrogens with zero attached hydrogens (tertiary/aromatic N) is 4. The molecule has 4 atom stereocenters. The highest BCUT2D eigenvalue weighted by molar-refractivity contribution is 7.19. The summed E-state index contributed by atoms with van der Waals surface area (Å²) in [5.41, 5.74) is 6.72. The van der Waals surface area contributed by atoms with Gasteiger partial charge in [-0.05, 0) is 91.5 Å². The Morgan fingerprint density at radius 2 is 1.20 bits per heavy atom. The number of aromatic amines is 2. The smallest absolute Gasteiger partial charge is 0.407 e. The number of imidazole rings is 2. The summed E-state index contributed by atoms with van der Waals surface area (Å²) in [5, 5.41) is 5.42. The van der Waals surface area contributed by atoms with Crippen LogP contribution in [0.15, 0.2) is 42.5 Å². The molecular formula is C41H50N8O6S. The van der Waals surface area contributed by atoms with Gasteiger partial charge in [0.1, 0.15) is 23.7 Å². The second-order valence-electron chi connectivity index (χ2n) is 15.4. The lowest BCUT2D eigenvalue weighted by Gasteiger charge is -2.29. The Balaban J connectivity index is 1.10. The van der Waals surface area contributed by atoms with Gasteiger partial charge < -0.3 is 39.9 Å². The number of aryl methyl sites for hydroxylation is 1. The minimum atomic E-state index is -0.694. The Morgan fingerprint density at radius 1 is 0.732 bits per heavy atom. The maximum absolute atomic E-state index is 13.7. The fraction of sp³-hybridized carbons (Fsp3) is 0.463. The van der Waals surface area contributed by atoms with E-state index in [4.69, 9.17) is 19.4 Å². The number of ether oxygens (including phenoxy) is 2. The fourth-order valence-electron chi connectivity index (χ4n) is 7.97. The molecule has 4 N–H and O–H groups in total. The highest BCUT2D eigenvalue weighted by Crippen LogP contribution is 2.41. The van der Waals surface area contributed by atoms with Crippen LogP contribution in [0, 0.1) is 18.8 Å². The molecule has 0 spiro atoms. The summed E-state index contributed by atoms with van der Waals surface area (Å²) < 4.78 is 9.56. The zero-order valence-corrected chi connectivity index (χ0v) is 33.7. The van der Waals surface area contributed by atoms with Gasteiger partial charge in [0.05, 0.1) is 48.4 Å². The number of hydrogen-bond donors (Lipinski definition) is 4. The molecule has 5 heterocycles. The first-order valence-corrected chi connectivity index (χ1v) is 20.1. The van der Waals surface area contributed by atoms with Crippen LogP contribution in [0.4, 0.5) is 9.59 Å². The third-order valence-corrected chi connectivity index (χ3v) is 12.3. The number of likely N-dealkylation sites (tertiary alicyclic amines) is 2. The topological polar surface area (TPSA) is 175 Å². The summed E-state index contributed by atoms with van der Waals surface area (Å²) in [6.07, 6.45) is 2.00. The van der Waals surface area contributed by atoms with Crippen LogP contribution >= 0.6 is 11.3 Å². The number of rotatable bonds is 10. The predicted molar refractivity (Wildman–Crippen MR) is 215 cm³/mol. The lowest BCUT2D eigenvalue weighted by atomic mass is 10.0. The molecule has 0 unspecified atom stereocenters. The van der Waals surface area contributed by atoms with Gasteiger partial charge in [0.2, 0.25) is 11.8 Å². The van der Waals surface area contributed by atoms with Gasteiger partial charge in [0.25, 0.3) is 0 Å².